The van der Waals surface area contributed by atoms with Crippen molar-refractivity contribution in [3.8, 4) is 5.75 Å². The summed E-state index contributed by atoms with van der Waals surface area (Å²) in [6, 6.07) is 3.05. The van der Waals surface area contributed by atoms with Crippen molar-refractivity contribution in [3.63, 3.8) is 0 Å². The van der Waals surface area contributed by atoms with Crippen molar-refractivity contribution < 1.29 is 13.9 Å². The lowest BCUT2D eigenvalue weighted by atomic mass is 9.86. The van der Waals surface area contributed by atoms with Gasteiger partial charge in [0.05, 0.1) is 19.2 Å². The van der Waals surface area contributed by atoms with Crippen LogP contribution in [0, 0.1) is 12.8 Å². The molecule has 3 rings (SSSR count). The van der Waals surface area contributed by atoms with Crippen LogP contribution in [0.25, 0.3) is 0 Å². The van der Waals surface area contributed by atoms with Crippen molar-refractivity contribution in [1.29, 1.82) is 0 Å². The fourth-order valence-corrected chi connectivity index (χ4v) is 3.51. The van der Waals surface area contributed by atoms with E-state index in [-0.39, 0.29) is 12.0 Å². The van der Waals surface area contributed by atoms with Crippen LogP contribution in [0.4, 0.5) is 0 Å². The molecule has 1 aliphatic carbocycles. The molecule has 1 saturated heterocycles. The summed E-state index contributed by atoms with van der Waals surface area (Å²) in [5, 5.41) is 0. The highest BCUT2D eigenvalue weighted by Crippen LogP contribution is 2.28. The molecule has 5 nitrogen and oxygen atoms in total. The first kappa shape index (κ1) is 16.1. The molecule has 0 atom stereocenters. The Kier molecular flexibility index (Phi) is 5.03. The zero-order chi connectivity index (χ0) is 16.2. The largest absolute Gasteiger partial charge is 0.486 e. The summed E-state index contributed by atoms with van der Waals surface area (Å²) in [7, 11) is 0. The van der Waals surface area contributed by atoms with Crippen LogP contribution in [-0.4, -0.2) is 30.0 Å². The van der Waals surface area contributed by atoms with Gasteiger partial charge in [-0.3, -0.25) is 4.79 Å². The molecule has 2 heterocycles. The van der Waals surface area contributed by atoms with E-state index in [1.807, 2.05) is 4.90 Å². The zero-order valence-electron chi connectivity index (χ0n) is 13.8. The molecule has 1 saturated carbocycles. The van der Waals surface area contributed by atoms with E-state index in [1.54, 1.807) is 13.0 Å². The standard InChI is InChI=1S/C18H25NO4/c1-13-9-15(10-18(21)22-13)23-16-11-19(12-16)17(20)8-7-14-5-3-2-4-6-14/h9-10,14,16H,2-8,11-12H2,1H3. The minimum Gasteiger partial charge on any atom is -0.486 e. The molecule has 0 radical (unpaired) electrons. The molecule has 1 aliphatic heterocycles. The first-order valence-electron chi connectivity index (χ1n) is 8.66. The third-order valence-electron chi connectivity index (χ3n) is 4.86. The van der Waals surface area contributed by atoms with Gasteiger partial charge in [-0.05, 0) is 19.3 Å². The van der Waals surface area contributed by atoms with Crippen molar-refractivity contribution in [2.75, 3.05) is 13.1 Å². The van der Waals surface area contributed by atoms with E-state index in [0.29, 0.717) is 31.0 Å². The number of nitrogens with zero attached hydrogens (tertiary/aromatic N) is 1. The van der Waals surface area contributed by atoms with E-state index in [9.17, 15) is 9.59 Å². The van der Waals surface area contributed by atoms with Gasteiger partial charge in [-0.15, -0.1) is 0 Å². The lowest BCUT2D eigenvalue weighted by molar-refractivity contribution is -0.140. The fourth-order valence-electron chi connectivity index (χ4n) is 3.51. The van der Waals surface area contributed by atoms with Crippen LogP contribution in [0.3, 0.4) is 0 Å². The Hall–Kier alpha value is -1.78. The average Bonchev–Trinajstić information content (AvgIpc) is 2.48. The van der Waals surface area contributed by atoms with Crippen molar-refractivity contribution in [1.82, 2.24) is 4.90 Å². The first-order chi connectivity index (χ1) is 11.1. The number of carbonyl (C=O) groups excluding carboxylic acids is 1. The van der Waals surface area contributed by atoms with E-state index in [0.717, 1.165) is 12.3 Å². The number of ether oxygens (including phenoxy) is 1. The molecule has 126 valence electrons. The minimum absolute atomic E-state index is 0.0187. The Morgan fingerprint density at radius 2 is 2.00 bits per heavy atom. The smallest absolute Gasteiger partial charge is 0.339 e. The number of aryl methyl sites for hydroxylation is 1. The molecule has 23 heavy (non-hydrogen) atoms. The van der Waals surface area contributed by atoms with Gasteiger partial charge in [0.15, 0.2) is 0 Å². The van der Waals surface area contributed by atoms with Gasteiger partial charge in [0, 0.05) is 12.5 Å². The lowest BCUT2D eigenvalue weighted by Gasteiger charge is -2.39. The Labute approximate surface area is 136 Å². The Balaban J connectivity index is 1.39. The molecular formula is C18H25NO4. The van der Waals surface area contributed by atoms with E-state index in [1.165, 1.54) is 38.2 Å². The van der Waals surface area contributed by atoms with Crippen LogP contribution < -0.4 is 10.4 Å². The van der Waals surface area contributed by atoms with Gasteiger partial charge in [0.2, 0.25) is 5.91 Å². The first-order valence-corrected chi connectivity index (χ1v) is 8.66. The average molecular weight is 319 g/mol. The molecule has 1 aromatic heterocycles. The third-order valence-corrected chi connectivity index (χ3v) is 4.86. The van der Waals surface area contributed by atoms with Gasteiger partial charge in [-0.1, -0.05) is 32.1 Å². The highest BCUT2D eigenvalue weighted by Gasteiger charge is 2.32. The maximum Gasteiger partial charge on any atom is 0.339 e. The summed E-state index contributed by atoms with van der Waals surface area (Å²) in [6.45, 7) is 2.95. The molecule has 0 bridgehead atoms. The maximum absolute atomic E-state index is 12.2. The Morgan fingerprint density at radius 1 is 1.26 bits per heavy atom. The van der Waals surface area contributed by atoms with Gasteiger partial charge in [0.1, 0.15) is 17.6 Å². The van der Waals surface area contributed by atoms with Gasteiger partial charge >= 0.3 is 5.63 Å². The van der Waals surface area contributed by atoms with Gasteiger partial charge in [0.25, 0.3) is 0 Å². The van der Waals surface area contributed by atoms with Crippen molar-refractivity contribution in [2.45, 2.75) is 58.0 Å². The molecule has 5 heteroatoms. The number of likely N-dealkylation sites (tertiary alicyclic amines) is 1. The number of hydrogen-bond acceptors (Lipinski definition) is 4. The lowest BCUT2D eigenvalue weighted by Crippen LogP contribution is -2.56. The van der Waals surface area contributed by atoms with Crippen LogP contribution in [0.5, 0.6) is 5.75 Å². The molecule has 1 amide bonds. The molecule has 0 N–H and O–H groups in total. The SMILES string of the molecule is Cc1cc(OC2CN(C(=O)CCC3CCCCC3)C2)cc(=O)o1. The number of amides is 1. The van der Waals surface area contributed by atoms with E-state index in [4.69, 9.17) is 9.15 Å². The van der Waals surface area contributed by atoms with Crippen molar-refractivity contribution in [2.24, 2.45) is 5.92 Å². The van der Waals surface area contributed by atoms with Gasteiger partial charge in [-0.25, -0.2) is 4.79 Å². The van der Waals surface area contributed by atoms with Crippen LogP contribution in [0.1, 0.15) is 50.7 Å². The van der Waals surface area contributed by atoms with Crippen LogP contribution >= 0.6 is 0 Å². The highest BCUT2D eigenvalue weighted by molar-refractivity contribution is 5.77. The molecule has 0 unspecified atom stereocenters. The van der Waals surface area contributed by atoms with Crippen LogP contribution in [-0.2, 0) is 4.79 Å². The van der Waals surface area contributed by atoms with E-state index in [2.05, 4.69) is 0 Å². The summed E-state index contributed by atoms with van der Waals surface area (Å²) in [6.07, 6.45) is 8.24. The quantitative estimate of drug-likeness (QED) is 0.837. The van der Waals surface area contributed by atoms with Gasteiger partial charge < -0.3 is 14.1 Å². The minimum atomic E-state index is -0.403. The summed E-state index contributed by atoms with van der Waals surface area (Å²) < 4.78 is 10.6. The van der Waals surface area contributed by atoms with Crippen molar-refractivity contribution >= 4 is 5.91 Å². The predicted octanol–water partition coefficient (Wildman–Crippen LogP) is 2.90. The summed E-state index contributed by atoms with van der Waals surface area (Å²) in [5.41, 5.74) is -0.403. The predicted molar refractivity (Wildman–Crippen MR) is 86.5 cm³/mol. The normalized spacial score (nSPS) is 19.4. The number of rotatable bonds is 5. The van der Waals surface area contributed by atoms with E-state index < -0.39 is 5.63 Å². The summed E-state index contributed by atoms with van der Waals surface area (Å²) in [5.74, 6) is 2.04. The molecule has 2 fully saturated rings. The van der Waals surface area contributed by atoms with Crippen LogP contribution in [0.2, 0.25) is 0 Å². The second kappa shape index (κ2) is 7.20. The summed E-state index contributed by atoms with van der Waals surface area (Å²) in [4.78, 5) is 25.3. The molecular weight excluding hydrogens is 294 g/mol. The highest BCUT2D eigenvalue weighted by atomic mass is 16.5. The van der Waals surface area contributed by atoms with Crippen LogP contribution in [0.15, 0.2) is 21.3 Å². The molecule has 0 spiro atoms. The van der Waals surface area contributed by atoms with Crippen molar-refractivity contribution in [3.05, 3.63) is 28.3 Å². The second-order valence-electron chi connectivity index (χ2n) is 6.80. The fraction of sp³-hybridized carbons (Fsp3) is 0.667. The zero-order valence-corrected chi connectivity index (χ0v) is 13.8. The molecule has 2 aliphatic rings. The molecule has 0 aromatic carbocycles. The Bertz CT molecular complexity index is 597. The second-order valence-corrected chi connectivity index (χ2v) is 6.80. The topological polar surface area (TPSA) is 59.8 Å². The molecule has 1 aromatic rings. The number of hydrogen-bond donors (Lipinski definition) is 0. The van der Waals surface area contributed by atoms with Gasteiger partial charge in [-0.2, -0.15) is 0 Å². The van der Waals surface area contributed by atoms with E-state index >= 15 is 0 Å². The number of carbonyl (C=O) groups is 1. The summed E-state index contributed by atoms with van der Waals surface area (Å²) >= 11 is 0. The maximum atomic E-state index is 12.2. The third kappa shape index (κ3) is 4.36. The Morgan fingerprint density at radius 3 is 2.70 bits per heavy atom. The monoisotopic (exact) mass is 319 g/mol.